The highest BCUT2D eigenvalue weighted by Gasteiger charge is 2.15. The Kier molecular flexibility index (Phi) is 2.40. The number of hydrogen-bond donors (Lipinski definition) is 2. The molecule has 0 aliphatic rings. The van der Waals surface area contributed by atoms with Gasteiger partial charge in [0.1, 0.15) is 11.5 Å². The second kappa shape index (κ2) is 3.04. The summed E-state index contributed by atoms with van der Waals surface area (Å²) in [6.45, 7) is 3.17. The van der Waals surface area contributed by atoms with Crippen molar-refractivity contribution >= 4 is 23.2 Å². The summed E-state index contributed by atoms with van der Waals surface area (Å²) in [6.07, 6.45) is 0. The quantitative estimate of drug-likeness (QED) is 0.642. The average Bonchev–Trinajstić information content (AvgIpc) is 2.08. The summed E-state index contributed by atoms with van der Waals surface area (Å²) >= 11 is 11.4. The zero-order chi connectivity index (χ0) is 9.46. The van der Waals surface area contributed by atoms with Gasteiger partial charge in [-0.3, -0.25) is 0 Å². The Morgan fingerprint density at radius 2 is 1.08 bits per heavy atom. The van der Waals surface area contributed by atoms with E-state index in [1.165, 1.54) is 0 Å². The topological polar surface area (TPSA) is 40.5 Å². The van der Waals surface area contributed by atoms with E-state index in [1.54, 1.807) is 13.8 Å². The molecule has 0 atom stereocenters. The summed E-state index contributed by atoms with van der Waals surface area (Å²) in [5.41, 5.74) is 0.787. The van der Waals surface area contributed by atoms with Crippen LogP contribution < -0.4 is 0 Å². The maximum Gasteiger partial charge on any atom is 0.139 e. The van der Waals surface area contributed by atoms with Crippen molar-refractivity contribution in [1.29, 1.82) is 0 Å². The van der Waals surface area contributed by atoms with Crippen molar-refractivity contribution in [2.75, 3.05) is 0 Å². The Balaban J connectivity index is 3.60. The van der Waals surface area contributed by atoms with E-state index in [9.17, 15) is 10.2 Å². The van der Waals surface area contributed by atoms with Crippen LogP contribution in [0.25, 0.3) is 0 Å². The first kappa shape index (κ1) is 9.49. The number of phenolic OH excluding ortho intramolecular Hbond substituents is 2. The van der Waals surface area contributed by atoms with Gasteiger partial charge in [0.25, 0.3) is 0 Å². The molecule has 0 amide bonds. The Bertz CT molecular complexity index is 229. The second-order valence-corrected chi connectivity index (χ2v) is 3.33. The van der Waals surface area contributed by atoms with Crippen LogP contribution in [0.4, 0.5) is 0 Å². The van der Waals surface area contributed by atoms with Crippen LogP contribution in [-0.4, -0.2) is 10.2 Å². The van der Waals surface area contributed by atoms with Crippen LogP contribution in [0, 0.1) is 13.8 Å². The standard InChI is InChI=1S/C8H8Cl2O2/c1-3-5(9)8(12)4(2)6(10)7(3)11/h11-12H,1-2H3. The van der Waals surface area contributed by atoms with Crippen LogP contribution in [0.2, 0.25) is 10.0 Å². The maximum atomic E-state index is 9.36. The zero-order valence-electron chi connectivity index (χ0n) is 6.65. The van der Waals surface area contributed by atoms with Gasteiger partial charge in [-0.2, -0.15) is 0 Å². The lowest BCUT2D eigenvalue weighted by Gasteiger charge is -2.09. The van der Waals surface area contributed by atoms with Crippen molar-refractivity contribution in [3.63, 3.8) is 0 Å². The Labute approximate surface area is 80.4 Å². The van der Waals surface area contributed by atoms with Gasteiger partial charge in [-0.05, 0) is 13.8 Å². The van der Waals surface area contributed by atoms with Gasteiger partial charge in [0.05, 0.1) is 10.0 Å². The minimum Gasteiger partial charge on any atom is -0.506 e. The van der Waals surface area contributed by atoms with Gasteiger partial charge in [0.15, 0.2) is 0 Å². The summed E-state index contributed by atoms with van der Waals surface area (Å²) < 4.78 is 0. The second-order valence-electron chi connectivity index (χ2n) is 2.58. The van der Waals surface area contributed by atoms with Crippen LogP contribution in [0.3, 0.4) is 0 Å². The van der Waals surface area contributed by atoms with Gasteiger partial charge in [-0.25, -0.2) is 0 Å². The normalized spacial score (nSPS) is 10.3. The third-order valence-electron chi connectivity index (χ3n) is 1.78. The molecule has 0 spiro atoms. The minimum absolute atomic E-state index is 0.0723. The summed E-state index contributed by atoms with van der Waals surface area (Å²) in [4.78, 5) is 0. The molecule has 0 aliphatic carbocycles. The fourth-order valence-electron chi connectivity index (χ4n) is 0.892. The molecule has 12 heavy (non-hydrogen) atoms. The third kappa shape index (κ3) is 1.21. The van der Waals surface area contributed by atoms with E-state index in [0.717, 1.165) is 0 Å². The number of rotatable bonds is 0. The number of aromatic hydroxyl groups is 2. The fourth-order valence-corrected chi connectivity index (χ4v) is 1.35. The number of benzene rings is 1. The molecular formula is C8H8Cl2O2. The van der Waals surface area contributed by atoms with E-state index in [2.05, 4.69) is 0 Å². The average molecular weight is 207 g/mol. The highest BCUT2D eigenvalue weighted by molar-refractivity contribution is 6.36. The van der Waals surface area contributed by atoms with Gasteiger partial charge in [0.2, 0.25) is 0 Å². The number of hydrogen-bond acceptors (Lipinski definition) is 2. The lowest BCUT2D eigenvalue weighted by molar-refractivity contribution is 0.454. The van der Waals surface area contributed by atoms with Crippen molar-refractivity contribution in [2.24, 2.45) is 0 Å². The molecule has 0 unspecified atom stereocenters. The molecule has 66 valence electrons. The molecule has 1 aromatic rings. The number of halogens is 2. The van der Waals surface area contributed by atoms with Crippen LogP contribution in [-0.2, 0) is 0 Å². The summed E-state index contributed by atoms with van der Waals surface area (Å²) in [6, 6.07) is 0. The molecule has 0 radical (unpaired) electrons. The fraction of sp³-hybridized carbons (Fsp3) is 0.250. The molecule has 4 heteroatoms. The zero-order valence-corrected chi connectivity index (χ0v) is 8.16. The van der Waals surface area contributed by atoms with E-state index < -0.39 is 0 Å². The summed E-state index contributed by atoms with van der Waals surface area (Å²) in [5, 5.41) is 19.0. The maximum absolute atomic E-state index is 9.36. The Morgan fingerprint density at radius 3 is 1.33 bits per heavy atom. The minimum atomic E-state index is -0.0723. The van der Waals surface area contributed by atoms with Crippen LogP contribution in [0.5, 0.6) is 11.5 Å². The van der Waals surface area contributed by atoms with Gasteiger partial charge in [-0.15, -0.1) is 0 Å². The molecule has 0 heterocycles. The van der Waals surface area contributed by atoms with Gasteiger partial charge in [0, 0.05) is 11.1 Å². The molecule has 2 nitrogen and oxygen atoms in total. The van der Waals surface area contributed by atoms with E-state index in [4.69, 9.17) is 23.2 Å². The first-order valence-electron chi connectivity index (χ1n) is 3.33. The Hall–Kier alpha value is -0.600. The summed E-state index contributed by atoms with van der Waals surface area (Å²) in [5.74, 6) is -0.145. The van der Waals surface area contributed by atoms with Crippen molar-refractivity contribution in [2.45, 2.75) is 13.8 Å². The highest BCUT2D eigenvalue weighted by atomic mass is 35.5. The van der Waals surface area contributed by atoms with Crippen molar-refractivity contribution < 1.29 is 10.2 Å². The van der Waals surface area contributed by atoms with Gasteiger partial charge < -0.3 is 10.2 Å². The van der Waals surface area contributed by atoms with Gasteiger partial charge >= 0.3 is 0 Å². The SMILES string of the molecule is Cc1c(O)c(Cl)c(C)c(O)c1Cl. The van der Waals surface area contributed by atoms with Crippen molar-refractivity contribution in [1.82, 2.24) is 0 Å². The van der Waals surface area contributed by atoms with Crippen LogP contribution in [0.15, 0.2) is 0 Å². The van der Waals surface area contributed by atoms with E-state index >= 15 is 0 Å². The Morgan fingerprint density at radius 1 is 0.833 bits per heavy atom. The van der Waals surface area contributed by atoms with Crippen LogP contribution >= 0.6 is 23.2 Å². The molecule has 1 rings (SSSR count). The lowest BCUT2D eigenvalue weighted by Crippen LogP contribution is -1.85. The molecular weight excluding hydrogens is 199 g/mol. The summed E-state index contributed by atoms with van der Waals surface area (Å²) in [7, 11) is 0. The van der Waals surface area contributed by atoms with E-state index in [0.29, 0.717) is 11.1 Å². The predicted molar refractivity (Wildman–Crippen MR) is 49.3 cm³/mol. The van der Waals surface area contributed by atoms with Crippen molar-refractivity contribution in [3.8, 4) is 11.5 Å². The third-order valence-corrected chi connectivity index (χ3v) is 2.71. The largest absolute Gasteiger partial charge is 0.506 e. The van der Waals surface area contributed by atoms with Crippen LogP contribution in [0.1, 0.15) is 11.1 Å². The molecule has 0 bridgehead atoms. The molecule has 0 fully saturated rings. The predicted octanol–water partition coefficient (Wildman–Crippen LogP) is 3.02. The molecule has 0 aromatic heterocycles. The molecule has 2 N–H and O–H groups in total. The molecule has 0 saturated carbocycles. The molecule has 1 aromatic carbocycles. The first-order chi connectivity index (χ1) is 5.46. The molecule has 0 saturated heterocycles. The van der Waals surface area contributed by atoms with Gasteiger partial charge in [-0.1, -0.05) is 23.2 Å². The monoisotopic (exact) mass is 206 g/mol. The smallest absolute Gasteiger partial charge is 0.139 e. The first-order valence-corrected chi connectivity index (χ1v) is 4.08. The number of phenols is 2. The van der Waals surface area contributed by atoms with Crippen molar-refractivity contribution in [3.05, 3.63) is 21.2 Å². The lowest BCUT2D eigenvalue weighted by atomic mass is 10.1. The molecule has 0 aliphatic heterocycles. The van der Waals surface area contributed by atoms with E-state index in [-0.39, 0.29) is 21.5 Å². The highest BCUT2D eigenvalue weighted by Crippen LogP contribution is 2.42. The van der Waals surface area contributed by atoms with E-state index in [1.807, 2.05) is 0 Å².